The van der Waals surface area contributed by atoms with Crippen molar-refractivity contribution in [1.82, 2.24) is 24.0 Å². The third-order valence-electron chi connectivity index (χ3n) is 6.92. The Morgan fingerprint density at radius 2 is 1.78 bits per heavy atom. The Morgan fingerprint density at radius 1 is 1.07 bits per heavy atom. The van der Waals surface area contributed by atoms with Gasteiger partial charge in [0.1, 0.15) is 18.0 Å². The van der Waals surface area contributed by atoms with Crippen LogP contribution in [-0.4, -0.2) is 64.3 Å². The van der Waals surface area contributed by atoms with Gasteiger partial charge in [0.2, 0.25) is 5.91 Å². The number of fused-ring (bicyclic) bond motifs is 1. The number of halogens is 1. The molecule has 0 unspecified atom stereocenters. The molecule has 0 spiro atoms. The molecule has 1 fully saturated rings. The molecule has 2 aromatic carbocycles. The van der Waals surface area contributed by atoms with Crippen LogP contribution in [0.3, 0.4) is 0 Å². The van der Waals surface area contributed by atoms with Crippen LogP contribution in [-0.2, 0) is 19.6 Å². The highest BCUT2D eigenvalue weighted by molar-refractivity contribution is 7.90. The number of alkyl carbamates (subject to hydrolysis) is 1. The van der Waals surface area contributed by atoms with E-state index >= 15 is 0 Å². The minimum Gasteiger partial charge on any atom is -0.444 e. The minimum atomic E-state index is -3.97. The van der Waals surface area contributed by atoms with Gasteiger partial charge in [0.25, 0.3) is 10.0 Å². The lowest BCUT2D eigenvalue weighted by Gasteiger charge is -2.32. The van der Waals surface area contributed by atoms with E-state index in [1.807, 2.05) is 10.9 Å². The number of carbonyl (C=O) groups excluding carboxylic acids is 2. The summed E-state index contributed by atoms with van der Waals surface area (Å²) in [4.78, 5) is 26.3. The van der Waals surface area contributed by atoms with E-state index in [0.717, 1.165) is 3.97 Å². The summed E-state index contributed by atoms with van der Waals surface area (Å²) in [5.74, 6) is -0.722. The maximum absolute atomic E-state index is 14.2. The average molecular weight is 582 g/mol. The number of hydrogen-bond donors (Lipinski definition) is 1. The Labute approximate surface area is 237 Å². The Bertz CT molecular complexity index is 1680. The lowest BCUT2D eigenvalue weighted by Crippen LogP contribution is -2.45. The van der Waals surface area contributed by atoms with E-state index in [-0.39, 0.29) is 28.9 Å². The zero-order valence-corrected chi connectivity index (χ0v) is 23.9. The molecule has 216 valence electrons. The van der Waals surface area contributed by atoms with Crippen LogP contribution in [0.4, 0.5) is 9.18 Å². The molecule has 1 N–H and O–H groups in total. The number of likely N-dealkylation sites (tertiary alicyclic amines) is 1. The van der Waals surface area contributed by atoms with Crippen LogP contribution in [0, 0.1) is 5.82 Å². The third-order valence-corrected chi connectivity index (χ3v) is 8.61. The molecule has 2 amide bonds. The van der Waals surface area contributed by atoms with Crippen LogP contribution in [0.2, 0.25) is 0 Å². The number of nitrogens with zero attached hydrogens (tertiary/aromatic N) is 4. The molecule has 3 heterocycles. The molecule has 0 aliphatic carbocycles. The monoisotopic (exact) mass is 581 g/mol. The molecule has 1 aliphatic rings. The third kappa shape index (κ3) is 6.12. The van der Waals surface area contributed by atoms with Crippen molar-refractivity contribution < 1.29 is 27.1 Å². The molecular weight excluding hydrogens is 549 g/mol. The summed E-state index contributed by atoms with van der Waals surface area (Å²) in [5, 5.41) is 7.63. The van der Waals surface area contributed by atoms with Gasteiger partial charge in [-0.05, 0) is 63.9 Å². The summed E-state index contributed by atoms with van der Waals surface area (Å²) < 4.78 is 49.2. The molecule has 41 heavy (non-hydrogen) atoms. The first-order chi connectivity index (χ1) is 19.4. The Hall–Kier alpha value is -4.19. The summed E-state index contributed by atoms with van der Waals surface area (Å²) >= 11 is 0. The molecule has 12 heteroatoms. The van der Waals surface area contributed by atoms with Gasteiger partial charge in [0.05, 0.1) is 22.7 Å². The first-order valence-corrected chi connectivity index (χ1v) is 14.8. The summed E-state index contributed by atoms with van der Waals surface area (Å²) in [7, 11) is -3.97. The zero-order chi connectivity index (χ0) is 29.4. The maximum Gasteiger partial charge on any atom is 0.408 e. The highest BCUT2D eigenvalue weighted by atomic mass is 32.2. The number of aromatic nitrogens is 3. The lowest BCUT2D eigenvalue weighted by atomic mass is 10.0. The van der Waals surface area contributed by atoms with Crippen LogP contribution in [0.15, 0.2) is 72.0 Å². The molecule has 1 saturated heterocycles. The van der Waals surface area contributed by atoms with Crippen molar-refractivity contribution in [1.29, 1.82) is 0 Å². The molecule has 4 aromatic rings. The van der Waals surface area contributed by atoms with Crippen molar-refractivity contribution in [2.75, 3.05) is 19.6 Å². The number of piperidine rings is 1. The second-order valence-electron chi connectivity index (χ2n) is 11.0. The fourth-order valence-corrected chi connectivity index (χ4v) is 6.32. The van der Waals surface area contributed by atoms with E-state index in [1.54, 1.807) is 56.1 Å². The van der Waals surface area contributed by atoms with Gasteiger partial charge in [-0.1, -0.05) is 18.2 Å². The van der Waals surface area contributed by atoms with Crippen LogP contribution < -0.4 is 5.32 Å². The van der Waals surface area contributed by atoms with Crippen molar-refractivity contribution >= 4 is 32.9 Å². The average Bonchev–Trinajstić information content (AvgIpc) is 3.57. The number of carbonyl (C=O) groups is 2. The summed E-state index contributed by atoms with van der Waals surface area (Å²) in [6.07, 6.45) is 5.71. The summed E-state index contributed by atoms with van der Waals surface area (Å²) in [6.45, 7) is 6.13. The molecule has 0 atom stereocenters. The molecule has 10 nitrogen and oxygen atoms in total. The van der Waals surface area contributed by atoms with Gasteiger partial charge in [-0.2, -0.15) is 5.10 Å². The standard InChI is InChI=1S/C29H32FN5O5S/c1-29(2,3)40-28(37)31-17-27(36)33-13-11-22(12-14-33)34-18-20(16-32-34)25-19-35(26-15-21(30)9-10-24(25)26)41(38,39)23-7-5-4-6-8-23/h4-10,15-16,18-19,22H,11-14,17H2,1-3H3,(H,31,37). The summed E-state index contributed by atoms with van der Waals surface area (Å²) in [6, 6.07) is 12.1. The van der Waals surface area contributed by atoms with Gasteiger partial charge in [-0.15, -0.1) is 0 Å². The second-order valence-corrected chi connectivity index (χ2v) is 12.8. The van der Waals surface area contributed by atoms with Crippen molar-refractivity contribution in [2.24, 2.45) is 0 Å². The van der Waals surface area contributed by atoms with Gasteiger partial charge < -0.3 is 15.0 Å². The Morgan fingerprint density at radius 3 is 2.46 bits per heavy atom. The van der Waals surface area contributed by atoms with E-state index in [4.69, 9.17) is 4.74 Å². The van der Waals surface area contributed by atoms with Gasteiger partial charge in [-0.25, -0.2) is 21.6 Å². The van der Waals surface area contributed by atoms with Gasteiger partial charge in [-0.3, -0.25) is 9.48 Å². The first kappa shape index (κ1) is 28.3. The van der Waals surface area contributed by atoms with Gasteiger partial charge >= 0.3 is 6.09 Å². The molecule has 0 saturated carbocycles. The van der Waals surface area contributed by atoms with Crippen LogP contribution >= 0.6 is 0 Å². The fourth-order valence-electron chi connectivity index (χ4n) is 4.94. The number of amides is 2. The molecule has 1 aliphatic heterocycles. The van der Waals surface area contributed by atoms with E-state index in [1.165, 1.54) is 30.5 Å². The highest BCUT2D eigenvalue weighted by Gasteiger charge is 2.27. The largest absolute Gasteiger partial charge is 0.444 e. The predicted molar refractivity (Wildman–Crippen MR) is 151 cm³/mol. The molecular formula is C29H32FN5O5S. The molecule has 0 bridgehead atoms. The predicted octanol–water partition coefficient (Wildman–Crippen LogP) is 4.57. The fraction of sp³-hybridized carbons (Fsp3) is 0.345. The Kier molecular flexibility index (Phi) is 7.60. The zero-order valence-electron chi connectivity index (χ0n) is 23.1. The molecule has 0 radical (unpaired) electrons. The summed E-state index contributed by atoms with van der Waals surface area (Å²) in [5.41, 5.74) is 0.911. The maximum atomic E-state index is 14.2. The molecule has 2 aromatic heterocycles. The van der Waals surface area contributed by atoms with Gasteiger partial charge in [0, 0.05) is 42.0 Å². The normalized spacial score (nSPS) is 14.8. The molecule has 5 rings (SSSR count). The van der Waals surface area contributed by atoms with E-state index in [2.05, 4.69) is 10.4 Å². The number of benzene rings is 2. The smallest absolute Gasteiger partial charge is 0.408 e. The van der Waals surface area contributed by atoms with Crippen molar-refractivity contribution in [3.8, 4) is 11.1 Å². The van der Waals surface area contributed by atoms with E-state index in [9.17, 15) is 22.4 Å². The number of ether oxygens (including phenoxy) is 1. The van der Waals surface area contributed by atoms with Crippen molar-refractivity contribution in [2.45, 2.75) is 50.2 Å². The lowest BCUT2D eigenvalue weighted by molar-refractivity contribution is -0.131. The van der Waals surface area contributed by atoms with Crippen LogP contribution in [0.5, 0.6) is 0 Å². The van der Waals surface area contributed by atoms with E-state index in [0.29, 0.717) is 42.4 Å². The topological polar surface area (TPSA) is 116 Å². The Balaban J connectivity index is 1.31. The highest BCUT2D eigenvalue weighted by Crippen LogP contribution is 2.34. The number of nitrogens with one attached hydrogen (secondary N) is 1. The van der Waals surface area contributed by atoms with Crippen LogP contribution in [0.1, 0.15) is 39.7 Å². The van der Waals surface area contributed by atoms with Gasteiger partial charge in [0.15, 0.2) is 0 Å². The first-order valence-electron chi connectivity index (χ1n) is 13.3. The second kappa shape index (κ2) is 11.0. The quantitative estimate of drug-likeness (QED) is 0.357. The van der Waals surface area contributed by atoms with E-state index < -0.39 is 27.5 Å². The number of hydrogen-bond acceptors (Lipinski definition) is 6. The number of rotatable bonds is 6. The minimum absolute atomic E-state index is 0.0328. The van der Waals surface area contributed by atoms with Crippen molar-refractivity contribution in [3.63, 3.8) is 0 Å². The van der Waals surface area contributed by atoms with Crippen LogP contribution in [0.25, 0.3) is 22.0 Å². The SMILES string of the molecule is CC(C)(C)OC(=O)NCC(=O)N1CCC(n2cc(-c3cn(S(=O)(=O)c4ccccc4)c4cc(F)ccc34)cn2)CC1. The van der Waals surface area contributed by atoms with Crippen molar-refractivity contribution in [3.05, 3.63) is 72.9 Å².